The summed E-state index contributed by atoms with van der Waals surface area (Å²) in [6.07, 6.45) is 0. The molecule has 0 spiro atoms. The molecule has 0 unspecified atom stereocenters. The molecule has 0 saturated carbocycles. The number of amides is 1. The number of hydrogen-bond donors (Lipinski definition) is 3. The number of aromatic nitrogens is 4. The maximum absolute atomic E-state index is 12.3. The topological polar surface area (TPSA) is 104 Å². The number of phenols is 1. The summed E-state index contributed by atoms with van der Waals surface area (Å²) in [5, 5.41) is 27.9. The van der Waals surface area contributed by atoms with Gasteiger partial charge in [-0.15, -0.1) is 10.2 Å². The Morgan fingerprint density at radius 2 is 2.25 bits per heavy atom. The van der Waals surface area contributed by atoms with Gasteiger partial charge in [-0.25, -0.2) is 0 Å². The second kappa shape index (κ2) is 7.02. The van der Waals surface area contributed by atoms with Crippen LogP contribution in [0.15, 0.2) is 28.6 Å². The molecule has 2 aromatic heterocycles. The van der Waals surface area contributed by atoms with E-state index in [4.69, 9.17) is 0 Å². The van der Waals surface area contributed by atoms with Crippen LogP contribution in [0.4, 0.5) is 5.13 Å². The zero-order valence-electron chi connectivity index (χ0n) is 13.0. The molecule has 0 radical (unpaired) electrons. The number of rotatable bonds is 5. The molecule has 0 bridgehead atoms. The maximum atomic E-state index is 12.3. The fourth-order valence-electron chi connectivity index (χ4n) is 2.05. The second-order valence-electron chi connectivity index (χ2n) is 4.90. The van der Waals surface area contributed by atoms with Crippen LogP contribution in [0, 0.1) is 6.92 Å². The van der Waals surface area contributed by atoms with Crippen LogP contribution in [0.25, 0.3) is 11.3 Å². The number of nitrogens with one attached hydrogen (secondary N) is 2. The normalized spacial score (nSPS) is 10.8. The van der Waals surface area contributed by atoms with E-state index in [9.17, 15) is 9.90 Å². The summed E-state index contributed by atoms with van der Waals surface area (Å²) < 4.78 is 0.808. The van der Waals surface area contributed by atoms with Crippen molar-refractivity contribution in [3.63, 3.8) is 0 Å². The molecule has 0 aliphatic carbocycles. The lowest BCUT2D eigenvalue weighted by Crippen LogP contribution is -2.12. The average Bonchev–Trinajstić information content (AvgIpc) is 3.20. The number of thioether (sulfide) groups is 1. The monoisotopic (exact) mass is 361 g/mol. The summed E-state index contributed by atoms with van der Waals surface area (Å²) in [7, 11) is 0. The smallest absolute Gasteiger partial charge is 0.275 e. The quantitative estimate of drug-likeness (QED) is 0.476. The third-order valence-electron chi connectivity index (χ3n) is 3.23. The van der Waals surface area contributed by atoms with Gasteiger partial charge in [0.2, 0.25) is 5.13 Å². The number of hydrogen-bond acceptors (Lipinski definition) is 7. The Hall–Kier alpha value is -2.39. The molecule has 0 aliphatic heterocycles. The van der Waals surface area contributed by atoms with Crippen LogP contribution in [0.1, 0.15) is 23.0 Å². The minimum Gasteiger partial charge on any atom is -0.507 e. The number of phenolic OH excluding ortho intramolecular Hbond substituents is 1. The van der Waals surface area contributed by atoms with Crippen molar-refractivity contribution in [1.29, 1.82) is 0 Å². The Morgan fingerprint density at radius 3 is 3.04 bits per heavy atom. The lowest BCUT2D eigenvalue weighted by atomic mass is 10.1. The van der Waals surface area contributed by atoms with E-state index >= 15 is 0 Å². The standard InChI is InChI=1S/C15H15N5O2S2/c1-3-23-15-20-19-14(24-15)16-13(22)11-7-10(17-18-11)9-6-4-5-8(2)12(9)21/h4-7,21H,3H2,1-2H3,(H,17,18)(H,16,19,22). The SMILES string of the molecule is CCSc1nnc(NC(=O)c2cc(-c3cccc(C)c3O)n[nH]2)s1. The Morgan fingerprint density at radius 1 is 1.42 bits per heavy atom. The van der Waals surface area contributed by atoms with Crippen LogP contribution in [-0.2, 0) is 0 Å². The molecule has 0 aliphatic rings. The van der Waals surface area contributed by atoms with E-state index < -0.39 is 0 Å². The molecule has 124 valence electrons. The molecule has 0 atom stereocenters. The molecular weight excluding hydrogens is 346 g/mol. The van der Waals surface area contributed by atoms with E-state index in [0.717, 1.165) is 15.7 Å². The summed E-state index contributed by atoms with van der Waals surface area (Å²) in [5.74, 6) is 0.693. The Balaban J connectivity index is 1.77. The van der Waals surface area contributed by atoms with Gasteiger partial charge in [0, 0.05) is 5.56 Å². The third-order valence-corrected chi connectivity index (χ3v) is 5.09. The van der Waals surface area contributed by atoms with Crippen LogP contribution in [0.3, 0.4) is 0 Å². The molecule has 9 heteroatoms. The summed E-state index contributed by atoms with van der Waals surface area (Å²) in [6.45, 7) is 3.83. The summed E-state index contributed by atoms with van der Waals surface area (Å²) >= 11 is 2.89. The van der Waals surface area contributed by atoms with Gasteiger partial charge in [-0.2, -0.15) is 5.10 Å². The predicted octanol–water partition coefficient (Wildman–Crippen LogP) is 3.31. The number of aryl methyl sites for hydroxylation is 1. The number of aromatic amines is 1. The average molecular weight is 361 g/mol. The third kappa shape index (κ3) is 3.41. The number of carbonyl (C=O) groups excluding carboxylic acids is 1. The number of carbonyl (C=O) groups is 1. The molecule has 1 amide bonds. The van der Waals surface area contributed by atoms with Crippen molar-refractivity contribution in [2.45, 2.75) is 18.2 Å². The summed E-state index contributed by atoms with van der Waals surface area (Å²) in [4.78, 5) is 12.3. The van der Waals surface area contributed by atoms with Crippen LogP contribution >= 0.6 is 23.1 Å². The van der Waals surface area contributed by atoms with Crippen LogP contribution < -0.4 is 5.32 Å². The van der Waals surface area contributed by atoms with Gasteiger partial charge >= 0.3 is 0 Å². The second-order valence-corrected chi connectivity index (χ2v) is 7.39. The van der Waals surface area contributed by atoms with E-state index in [1.54, 1.807) is 36.9 Å². The van der Waals surface area contributed by atoms with Crippen molar-refractivity contribution in [1.82, 2.24) is 20.4 Å². The van der Waals surface area contributed by atoms with Crippen LogP contribution in [0.5, 0.6) is 5.75 Å². The number of H-pyrrole nitrogens is 1. The molecule has 2 heterocycles. The fraction of sp³-hybridized carbons (Fsp3) is 0.200. The fourth-order valence-corrected chi connectivity index (χ4v) is 3.69. The van der Waals surface area contributed by atoms with Crippen molar-refractivity contribution in [2.75, 3.05) is 11.1 Å². The first-order valence-electron chi connectivity index (χ1n) is 7.20. The van der Waals surface area contributed by atoms with E-state index in [-0.39, 0.29) is 17.4 Å². The number of benzene rings is 1. The van der Waals surface area contributed by atoms with Crippen molar-refractivity contribution in [3.8, 4) is 17.0 Å². The Labute approximate surface area is 146 Å². The maximum Gasteiger partial charge on any atom is 0.275 e. The van der Waals surface area contributed by atoms with Crippen LogP contribution in [0.2, 0.25) is 0 Å². The highest BCUT2D eigenvalue weighted by Gasteiger charge is 2.15. The first-order chi connectivity index (χ1) is 11.6. The van der Waals surface area contributed by atoms with E-state index in [1.165, 1.54) is 11.3 Å². The van der Waals surface area contributed by atoms with Crippen molar-refractivity contribution in [3.05, 3.63) is 35.5 Å². The summed E-state index contributed by atoms with van der Waals surface area (Å²) in [5.41, 5.74) is 2.10. The predicted molar refractivity (Wildman–Crippen MR) is 94.7 cm³/mol. The molecule has 3 aromatic rings. The highest BCUT2D eigenvalue weighted by Crippen LogP contribution is 2.31. The van der Waals surface area contributed by atoms with E-state index in [1.807, 2.05) is 13.0 Å². The summed E-state index contributed by atoms with van der Waals surface area (Å²) in [6, 6.07) is 6.97. The molecule has 0 saturated heterocycles. The highest BCUT2D eigenvalue weighted by atomic mass is 32.2. The molecule has 24 heavy (non-hydrogen) atoms. The molecule has 3 rings (SSSR count). The van der Waals surface area contributed by atoms with Gasteiger partial charge in [0.15, 0.2) is 4.34 Å². The van der Waals surface area contributed by atoms with Crippen molar-refractivity contribution in [2.24, 2.45) is 0 Å². The molecular formula is C15H15N5O2S2. The first kappa shape index (κ1) is 16.5. The van der Waals surface area contributed by atoms with Crippen molar-refractivity contribution >= 4 is 34.1 Å². The molecule has 1 aromatic carbocycles. The first-order valence-corrected chi connectivity index (χ1v) is 9.00. The van der Waals surface area contributed by atoms with Gasteiger partial charge in [0.25, 0.3) is 5.91 Å². The van der Waals surface area contributed by atoms with Gasteiger partial charge in [0.1, 0.15) is 11.4 Å². The lowest BCUT2D eigenvalue weighted by molar-refractivity contribution is 0.102. The number of anilines is 1. The highest BCUT2D eigenvalue weighted by molar-refractivity contribution is 8.01. The Bertz CT molecular complexity index is 874. The molecule has 3 N–H and O–H groups in total. The van der Waals surface area contributed by atoms with E-state index in [2.05, 4.69) is 25.7 Å². The van der Waals surface area contributed by atoms with E-state index in [0.29, 0.717) is 16.4 Å². The number of para-hydroxylation sites is 1. The van der Waals surface area contributed by atoms with Gasteiger partial charge in [-0.3, -0.25) is 15.2 Å². The molecule has 7 nitrogen and oxygen atoms in total. The zero-order chi connectivity index (χ0) is 17.1. The van der Waals surface area contributed by atoms with Gasteiger partial charge in [-0.1, -0.05) is 42.2 Å². The number of aromatic hydroxyl groups is 1. The van der Waals surface area contributed by atoms with Gasteiger partial charge in [0.05, 0.1) is 5.69 Å². The number of nitrogens with zero attached hydrogens (tertiary/aromatic N) is 3. The zero-order valence-corrected chi connectivity index (χ0v) is 14.7. The minimum absolute atomic E-state index is 0.154. The van der Waals surface area contributed by atoms with Crippen LogP contribution in [-0.4, -0.2) is 37.2 Å². The molecule has 0 fully saturated rings. The Kier molecular flexibility index (Phi) is 4.81. The van der Waals surface area contributed by atoms with Crippen molar-refractivity contribution < 1.29 is 9.90 Å². The lowest BCUT2D eigenvalue weighted by Gasteiger charge is -2.03. The van der Waals surface area contributed by atoms with Gasteiger partial charge in [-0.05, 0) is 30.4 Å². The minimum atomic E-state index is -0.356. The van der Waals surface area contributed by atoms with Gasteiger partial charge < -0.3 is 5.11 Å². The largest absolute Gasteiger partial charge is 0.507 e.